The van der Waals surface area contributed by atoms with Crippen molar-refractivity contribution < 1.29 is 23.6 Å². The average molecular weight is 345 g/mol. The number of furan rings is 1. The largest absolute Gasteiger partial charge is 0.493 e. The van der Waals surface area contributed by atoms with Crippen LogP contribution in [-0.4, -0.2) is 25.1 Å². The maximum Gasteiger partial charge on any atom is 0.286 e. The number of aryl methyl sites for hydroxylation is 1. The first-order valence-electron chi connectivity index (χ1n) is 7.05. The van der Waals surface area contributed by atoms with Crippen molar-refractivity contribution in [2.45, 2.75) is 13.8 Å². The lowest BCUT2D eigenvalue weighted by molar-refractivity contribution is -0.385. The van der Waals surface area contributed by atoms with Crippen molar-refractivity contribution in [1.29, 1.82) is 5.26 Å². The molecule has 25 heavy (non-hydrogen) atoms. The number of hydrogen-bond acceptors (Lipinski definition) is 7. The Morgan fingerprint density at radius 3 is 2.40 bits per heavy atom. The first-order valence-corrected chi connectivity index (χ1v) is 7.05. The van der Waals surface area contributed by atoms with Crippen LogP contribution in [-0.2, 0) is 0 Å². The number of carbonyl (C=O) groups excluding carboxylic acids is 1. The molecule has 0 aliphatic carbocycles. The molecule has 2 aromatic rings. The number of anilines is 1. The first kappa shape index (κ1) is 17.8. The highest BCUT2D eigenvalue weighted by Gasteiger charge is 2.26. The second-order valence-electron chi connectivity index (χ2n) is 5.03. The van der Waals surface area contributed by atoms with Gasteiger partial charge in [0, 0.05) is 11.6 Å². The zero-order valence-corrected chi connectivity index (χ0v) is 14.0. The molecule has 9 heteroatoms. The third-order valence-electron chi connectivity index (χ3n) is 3.67. The minimum atomic E-state index is -0.807. The summed E-state index contributed by atoms with van der Waals surface area (Å²) in [6.07, 6.45) is 0. The number of nitriles is 1. The summed E-state index contributed by atoms with van der Waals surface area (Å²) < 4.78 is 15.4. The predicted octanol–water partition coefficient (Wildman–Crippen LogP) is 2.95. The van der Waals surface area contributed by atoms with Gasteiger partial charge in [0.05, 0.1) is 25.2 Å². The number of nitrogens with zero attached hydrogens (tertiary/aromatic N) is 2. The standard InChI is InChI=1S/C16H15N3O6/c1-8-9(2)25-16(11(8)7-17)18-15(20)10-5-13(23-3)14(24-4)6-12(10)19(21)22/h5-6H,1-4H3,(H,18,20). The fraction of sp³-hybridized carbons (Fsp3) is 0.250. The normalized spacial score (nSPS) is 10.0. The van der Waals surface area contributed by atoms with Gasteiger partial charge in [-0.1, -0.05) is 0 Å². The van der Waals surface area contributed by atoms with Crippen LogP contribution in [0, 0.1) is 35.3 Å². The molecule has 0 bridgehead atoms. The molecule has 1 N–H and O–H groups in total. The zero-order valence-electron chi connectivity index (χ0n) is 14.0. The van der Waals surface area contributed by atoms with Crippen LogP contribution >= 0.6 is 0 Å². The van der Waals surface area contributed by atoms with Gasteiger partial charge in [-0.15, -0.1) is 0 Å². The van der Waals surface area contributed by atoms with E-state index in [0.29, 0.717) is 11.3 Å². The monoisotopic (exact) mass is 345 g/mol. The van der Waals surface area contributed by atoms with Gasteiger partial charge in [-0.3, -0.25) is 20.2 Å². The summed E-state index contributed by atoms with van der Waals surface area (Å²) in [6, 6.07) is 4.22. The second-order valence-corrected chi connectivity index (χ2v) is 5.03. The van der Waals surface area contributed by atoms with Gasteiger partial charge in [0.2, 0.25) is 5.88 Å². The van der Waals surface area contributed by atoms with E-state index < -0.39 is 16.5 Å². The summed E-state index contributed by atoms with van der Waals surface area (Å²) in [5, 5.41) is 22.9. The van der Waals surface area contributed by atoms with Crippen LogP contribution in [0.3, 0.4) is 0 Å². The van der Waals surface area contributed by atoms with Crippen LogP contribution in [0.4, 0.5) is 11.6 Å². The lowest BCUT2D eigenvalue weighted by Gasteiger charge is -2.10. The van der Waals surface area contributed by atoms with Gasteiger partial charge in [0.25, 0.3) is 11.6 Å². The number of nitro groups is 1. The molecule has 0 aliphatic rings. The molecule has 0 radical (unpaired) electrons. The summed E-state index contributed by atoms with van der Waals surface area (Å²) in [5.74, 6) is -0.128. The van der Waals surface area contributed by atoms with E-state index in [2.05, 4.69) is 5.32 Å². The quantitative estimate of drug-likeness (QED) is 0.651. The highest BCUT2D eigenvalue weighted by molar-refractivity contribution is 6.07. The van der Waals surface area contributed by atoms with Crippen LogP contribution in [0.5, 0.6) is 11.5 Å². The Labute approximate surface area is 142 Å². The lowest BCUT2D eigenvalue weighted by atomic mass is 10.1. The molecule has 0 saturated carbocycles. The Hall–Kier alpha value is -3.54. The highest BCUT2D eigenvalue weighted by atomic mass is 16.6. The van der Waals surface area contributed by atoms with Crippen LogP contribution in [0.15, 0.2) is 16.5 Å². The number of ether oxygens (including phenoxy) is 2. The van der Waals surface area contributed by atoms with Gasteiger partial charge in [0.15, 0.2) is 11.5 Å². The molecule has 0 saturated heterocycles. The zero-order chi connectivity index (χ0) is 18.7. The van der Waals surface area contributed by atoms with Crippen molar-refractivity contribution in [2.24, 2.45) is 0 Å². The third-order valence-corrected chi connectivity index (χ3v) is 3.67. The van der Waals surface area contributed by atoms with Gasteiger partial charge >= 0.3 is 0 Å². The van der Waals surface area contributed by atoms with E-state index in [0.717, 1.165) is 6.07 Å². The van der Waals surface area contributed by atoms with E-state index in [4.69, 9.17) is 13.9 Å². The molecule has 1 heterocycles. The number of rotatable bonds is 5. The predicted molar refractivity (Wildman–Crippen MR) is 87.1 cm³/mol. The number of methoxy groups -OCH3 is 2. The summed E-state index contributed by atoms with van der Waals surface area (Å²) in [6.45, 7) is 3.32. The van der Waals surface area contributed by atoms with E-state index in [1.807, 2.05) is 6.07 Å². The fourth-order valence-corrected chi connectivity index (χ4v) is 2.22. The summed E-state index contributed by atoms with van der Waals surface area (Å²) in [7, 11) is 2.67. The molecule has 1 aromatic carbocycles. The average Bonchev–Trinajstić information content (AvgIpc) is 2.86. The molecule has 2 rings (SSSR count). The number of amides is 1. The first-order chi connectivity index (χ1) is 11.8. The van der Waals surface area contributed by atoms with Crippen molar-refractivity contribution in [3.63, 3.8) is 0 Å². The molecule has 1 amide bonds. The van der Waals surface area contributed by atoms with E-state index in [1.54, 1.807) is 13.8 Å². The highest BCUT2D eigenvalue weighted by Crippen LogP contribution is 2.35. The minimum absolute atomic E-state index is 0.0633. The molecule has 0 atom stereocenters. The number of hydrogen-bond donors (Lipinski definition) is 1. The third kappa shape index (κ3) is 3.23. The van der Waals surface area contributed by atoms with Gasteiger partial charge in [0.1, 0.15) is 23.0 Å². The Morgan fingerprint density at radius 1 is 1.28 bits per heavy atom. The number of nitro benzene ring substituents is 1. The Kier molecular flexibility index (Phi) is 4.93. The van der Waals surface area contributed by atoms with Crippen LogP contribution in [0.2, 0.25) is 0 Å². The van der Waals surface area contributed by atoms with E-state index >= 15 is 0 Å². The Morgan fingerprint density at radius 2 is 1.88 bits per heavy atom. The van der Waals surface area contributed by atoms with E-state index in [1.165, 1.54) is 20.3 Å². The second kappa shape index (κ2) is 6.92. The smallest absolute Gasteiger partial charge is 0.286 e. The fourth-order valence-electron chi connectivity index (χ4n) is 2.22. The maximum absolute atomic E-state index is 12.5. The summed E-state index contributed by atoms with van der Waals surface area (Å²) in [5.41, 5.74) is 0.0282. The lowest BCUT2D eigenvalue weighted by Crippen LogP contribution is -2.14. The van der Waals surface area contributed by atoms with Gasteiger partial charge in [-0.05, 0) is 13.8 Å². The molecule has 0 spiro atoms. The summed E-state index contributed by atoms with van der Waals surface area (Å²) in [4.78, 5) is 23.1. The maximum atomic E-state index is 12.5. The number of benzene rings is 1. The van der Waals surface area contributed by atoms with Crippen LogP contribution < -0.4 is 14.8 Å². The number of nitrogens with one attached hydrogen (secondary N) is 1. The molecule has 130 valence electrons. The minimum Gasteiger partial charge on any atom is -0.493 e. The summed E-state index contributed by atoms with van der Waals surface area (Å²) >= 11 is 0. The van der Waals surface area contributed by atoms with E-state index in [9.17, 15) is 20.2 Å². The number of carbonyl (C=O) groups is 1. The molecule has 1 aromatic heterocycles. The molecule has 0 aliphatic heterocycles. The van der Waals surface area contributed by atoms with Crippen LogP contribution in [0.1, 0.15) is 27.2 Å². The molecule has 9 nitrogen and oxygen atoms in total. The topological polar surface area (TPSA) is 128 Å². The molecular formula is C16H15N3O6. The molecule has 0 unspecified atom stereocenters. The van der Waals surface area contributed by atoms with Crippen LogP contribution in [0.25, 0.3) is 0 Å². The van der Waals surface area contributed by atoms with Gasteiger partial charge in [-0.2, -0.15) is 5.26 Å². The Balaban J connectivity index is 2.51. The van der Waals surface area contributed by atoms with Crippen molar-refractivity contribution in [3.8, 4) is 17.6 Å². The van der Waals surface area contributed by atoms with Crippen molar-refractivity contribution in [3.05, 3.63) is 44.7 Å². The van der Waals surface area contributed by atoms with Crippen molar-refractivity contribution in [1.82, 2.24) is 0 Å². The van der Waals surface area contributed by atoms with Crippen molar-refractivity contribution >= 4 is 17.5 Å². The molecular weight excluding hydrogens is 330 g/mol. The van der Waals surface area contributed by atoms with Gasteiger partial charge in [-0.25, -0.2) is 0 Å². The molecule has 0 fully saturated rings. The SMILES string of the molecule is COc1cc(C(=O)Nc2oc(C)c(C)c2C#N)c([N+](=O)[O-])cc1OC. The van der Waals surface area contributed by atoms with Gasteiger partial charge < -0.3 is 13.9 Å². The van der Waals surface area contributed by atoms with E-state index in [-0.39, 0.29) is 28.5 Å². The Bertz CT molecular complexity index is 894. The van der Waals surface area contributed by atoms with Crippen molar-refractivity contribution in [2.75, 3.05) is 19.5 Å².